The highest BCUT2D eigenvalue weighted by Gasteiger charge is 2.42. The Hall–Kier alpha value is -1.12. The SMILES string of the molecule is CC(Nc1ccc(F)cc1F)C1(C)CC1. The molecular formula is C12H15F2N. The van der Waals surface area contributed by atoms with Crippen molar-refractivity contribution >= 4 is 5.69 Å². The summed E-state index contributed by atoms with van der Waals surface area (Å²) in [4.78, 5) is 0. The molecule has 1 unspecified atom stereocenters. The fourth-order valence-electron chi connectivity index (χ4n) is 1.64. The van der Waals surface area contributed by atoms with Gasteiger partial charge in [0.25, 0.3) is 0 Å². The normalized spacial score (nSPS) is 19.7. The van der Waals surface area contributed by atoms with Crippen LogP contribution >= 0.6 is 0 Å². The Morgan fingerprint density at radius 3 is 2.53 bits per heavy atom. The smallest absolute Gasteiger partial charge is 0.149 e. The first-order valence-electron chi connectivity index (χ1n) is 5.23. The molecule has 1 N–H and O–H groups in total. The zero-order chi connectivity index (χ0) is 11.1. The van der Waals surface area contributed by atoms with Crippen molar-refractivity contribution in [1.29, 1.82) is 0 Å². The maximum atomic E-state index is 13.3. The largest absolute Gasteiger partial charge is 0.380 e. The number of rotatable bonds is 3. The maximum Gasteiger partial charge on any atom is 0.149 e. The molecule has 0 amide bonds. The molecule has 1 aliphatic rings. The van der Waals surface area contributed by atoms with E-state index in [9.17, 15) is 8.78 Å². The van der Waals surface area contributed by atoms with E-state index in [2.05, 4.69) is 12.2 Å². The summed E-state index contributed by atoms with van der Waals surface area (Å²) in [6.07, 6.45) is 2.34. The van der Waals surface area contributed by atoms with Crippen molar-refractivity contribution in [3.63, 3.8) is 0 Å². The van der Waals surface area contributed by atoms with Crippen molar-refractivity contribution in [2.24, 2.45) is 5.41 Å². The van der Waals surface area contributed by atoms with Gasteiger partial charge in [0, 0.05) is 12.1 Å². The Bertz CT molecular complexity index is 372. The van der Waals surface area contributed by atoms with Crippen LogP contribution in [0.15, 0.2) is 18.2 Å². The Labute approximate surface area is 88.5 Å². The second-order valence-electron chi connectivity index (χ2n) is 4.64. The van der Waals surface area contributed by atoms with Crippen LogP contribution in [-0.2, 0) is 0 Å². The van der Waals surface area contributed by atoms with Crippen LogP contribution < -0.4 is 5.32 Å². The van der Waals surface area contributed by atoms with Gasteiger partial charge in [0.2, 0.25) is 0 Å². The molecule has 15 heavy (non-hydrogen) atoms. The van der Waals surface area contributed by atoms with Gasteiger partial charge in [0.1, 0.15) is 11.6 Å². The number of benzene rings is 1. The fourth-order valence-corrected chi connectivity index (χ4v) is 1.64. The van der Waals surface area contributed by atoms with Gasteiger partial charge in [-0.15, -0.1) is 0 Å². The van der Waals surface area contributed by atoms with E-state index in [4.69, 9.17) is 0 Å². The van der Waals surface area contributed by atoms with Crippen LogP contribution in [0, 0.1) is 17.0 Å². The second-order valence-corrected chi connectivity index (χ2v) is 4.64. The lowest BCUT2D eigenvalue weighted by atomic mass is 10.0. The summed E-state index contributed by atoms with van der Waals surface area (Å²) >= 11 is 0. The van der Waals surface area contributed by atoms with Crippen LogP contribution in [0.3, 0.4) is 0 Å². The van der Waals surface area contributed by atoms with E-state index in [1.165, 1.54) is 25.0 Å². The van der Waals surface area contributed by atoms with Gasteiger partial charge in [-0.1, -0.05) is 6.92 Å². The average Bonchev–Trinajstić information content (AvgIpc) is 2.90. The van der Waals surface area contributed by atoms with Crippen molar-refractivity contribution in [2.45, 2.75) is 32.7 Å². The highest BCUT2D eigenvalue weighted by atomic mass is 19.1. The third-order valence-electron chi connectivity index (χ3n) is 3.39. The first kappa shape index (κ1) is 10.4. The number of hydrogen-bond donors (Lipinski definition) is 1. The number of halogens is 2. The molecule has 1 atom stereocenters. The average molecular weight is 211 g/mol. The molecule has 2 rings (SSSR count). The lowest BCUT2D eigenvalue weighted by Gasteiger charge is -2.21. The van der Waals surface area contributed by atoms with Crippen LogP contribution in [0.2, 0.25) is 0 Å². The first-order valence-corrected chi connectivity index (χ1v) is 5.23. The molecule has 0 saturated heterocycles. The van der Waals surface area contributed by atoms with Gasteiger partial charge in [-0.2, -0.15) is 0 Å². The molecule has 1 aliphatic carbocycles. The number of hydrogen-bond acceptors (Lipinski definition) is 1. The highest BCUT2D eigenvalue weighted by molar-refractivity contribution is 5.46. The minimum absolute atomic E-state index is 0.220. The summed E-state index contributed by atoms with van der Waals surface area (Å²) in [6.45, 7) is 4.21. The fraction of sp³-hybridized carbons (Fsp3) is 0.500. The van der Waals surface area contributed by atoms with Crippen LogP contribution in [0.25, 0.3) is 0 Å². The first-order chi connectivity index (χ1) is 7.01. The molecule has 0 spiro atoms. The molecule has 1 aromatic carbocycles. The van der Waals surface area contributed by atoms with Crippen molar-refractivity contribution in [1.82, 2.24) is 0 Å². The Morgan fingerprint density at radius 1 is 1.33 bits per heavy atom. The van der Waals surface area contributed by atoms with Gasteiger partial charge in [-0.25, -0.2) is 8.78 Å². The molecule has 3 heteroatoms. The zero-order valence-electron chi connectivity index (χ0n) is 8.98. The zero-order valence-corrected chi connectivity index (χ0v) is 8.98. The summed E-state index contributed by atoms with van der Waals surface area (Å²) in [6, 6.07) is 3.85. The number of anilines is 1. The quantitative estimate of drug-likeness (QED) is 0.806. The monoisotopic (exact) mass is 211 g/mol. The van der Waals surface area contributed by atoms with Crippen LogP contribution in [-0.4, -0.2) is 6.04 Å². The van der Waals surface area contributed by atoms with Crippen molar-refractivity contribution in [2.75, 3.05) is 5.32 Å². The molecule has 1 aromatic rings. The standard InChI is InChI=1S/C12H15F2N/c1-8(12(2)5-6-12)15-11-4-3-9(13)7-10(11)14/h3-4,7-8,15H,5-6H2,1-2H3. The van der Waals surface area contributed by atoms with E-state index in [0.29, 0.717) is 5.69 Å². The summed E-state index contributed by atoms with van der Waals surface area (Å²) in [5, 5.41) is 3.10. The Balaban J connectivity index is 2.10. The van der Waals surface area contributed by atoms with Crippen molar-refractivity contribution in [3.05, 3.63) is 29.8 Å². The summed E-state index contributed by atoms with van der Waals surface area (Å²) < 4.78 is 26.0. The van der Waals surface area contributed by atoms with Gasteiger partial charge in [0.05, 0.1) is 5.69 Å². The third-order valence-corrected chi connectivity index (χ3v) is 3.39. The van der Waals surface area contributed by atoms with Gasteiger partial charge in [-0.05, 0) is 37.3 Å². The van der Waals surface area contributed by atoms with Crippen LogP contribution in [0.4, 0.5) is 14.5 Å². The maximum absolute atomic E-state index is 13.3. The summed E-state index contributed by atoms with van der Waals surface area (Å²) in [7, 11) is 0. The van der Waals surface area contributed by atoms with E-state index < -0.39 is 11.6 Å². The molecule has 1 saturated carbocycles. The lowest BCUT2D eigenvalue weighted by Crippen LogP contribution is -2.25. The Morgan fingerprint density at radius 2 is 2.00 bits per heavy atom. The predicted octanol–water partition coefficient (Wildman–Crippen LogP) is 3.57. The van der Waals surface area contributed by atoms with Gasteiger partial charge < -0.3 is 5.32 Å². The molecule has 0 aromatic heterocycles. The molecule has 0 heterocycles. The van der Waals surface area contributed by atoms with E-state index in [0.717, 1.165) is 6.07 Å². The number of nitrogens with one attached hydrogen (secondary N) is 1. The lowest BCUT2D eigenvalue weighted by molar-refractivity contribution is 0.489. The Kier molecular flexibility index (Phi) is 2.41. The van der Waals surface area contributed by atoms with Gasteiger partial charge in [0.15, 0.2) is 0 Å². The molecule has 0 radical (unpaired) electrons. The summed E-state index contributed by atoms with van der Waals surface area (Å²) in [5.74, 6) is -1.06. The van der Waals surface area contributed by atoms with Crippen LogP contribution in [0.5, 0.6) is 0 Å². The van der Waals surface area contributed by atoms with Crippen molar-refractivity contribution < 1.29 is 8.78 Å². The molecule has 0 aliphatic heterocycles. The highest BCUT2D eigenvalue weighted by Crippen LogP contribution is 2.48. The molecule has 0 bridgehead atoms. The second kappa shape index (κ2) is 3.47. The van der Waals surface area contributed by atoms with E-state index >= 15 is 0 Å². The topological polar surface area (TPSA) is 12.0 Å². The molecule has 1 fully saturated rings. The third kappa shape index (κ3) is 2.11. The van der Waals surface area contributed by atoms with E-state index in [-0.39, 0.29) is 11.5 Å². The predicted molar refractivity (Wildman–Crippen MR) is 56.8 cm³/mol. The molecule has 82 valence electrons. The van der Waals surface area contributed by atoms with Crippen molar-refractivity contribution in [3.8, 4) is 0 Å². The molecule has 1 nitrogen and oxygen atoms in total. The van der Waals surface area contributed by atoms with E-state index in [1.54, 1.807) is 0 Å². The minimum Gasteiger partial charge on any atom is -0.380 e. The molecular weight excluding hydrogens is 196 g/mol. The minimum atomic E-state index is -0.539. The van der Waals surface area contributed by atoms with E-state index in [1.807, 2.05) is 6.92 Å². The van der Waals surface area contributed by atoms with Gasteiger partial charge in [-0.3, -0.25) is 0 Å². The van der Waals surface area contributed by atoms with Gasteiger partial charge >= 0.3 is 0 Å². The van der Waals surface area contributed by atoms with Crippen LogP contribution in [0.1, 0.15) is 26.7 Å². The summed E-state index contributed by atoms with van der Waals surface area (Å²) in [5.41, 5.74) is 0.665.